The average Bonchev–Trinajstić information content (AvgIpc) is 2.39. The van der Waals surface area contributed by atoms with E-state index < -0.39 is 18.3 Å². The van der Waals surface area contributed by atoms with Crippen molar-refractivity contribution in [1.82, 2.24) is 0 Å². The quantitative estimate of drug-likeness (QED) is 0.307. The lowest BCUT2D eigenvalue weighted by molar-refractivity contribution is -0.497. The highest BCUT2D eigenvalue weighted by Crippen LogP contribution is 2.57. The van der Waals surface area contributed by atoms with Gasteiger partial charge in [-0.1, -0.05) is 55.4 Å². The van der Waals surface area contributed by atoms with E-state index in [-0.39, 0.29) is 35.9 Å². The molecule has 0 heterocycles. The van der Waals surface area contributed by atoms with Crippen LogP contribution in [0.3, 0.4) is 0 Å². The third kappa shape index (κ3) is 6.52. The molecule has 0 aliphatic heterocycles. The number of nitrogens with zero attached hydrogens (tertiary/aromatic N) is 1. The zero-order valence-corrected chi connectivity index (χ0v) is 16.9. The van der Waals surface area contributed by atoms with Gasteiger partial charge in [0.25, 0.3) is 0 Å². The summed E-state index contributed by atoms with van der Waals surface area (Å²) in [5, 5.41) is 11.3. The molecule has 7 heteroatoms. The molecule has 0 bridgehead atoms. The highest BCUT2D eigenvalue weighted by Gasteiger charge is 2.47. The van der Waals surface area contributed by atoms with Crippen LogP contribution >= 0.6 is 7.60 Å². The van der Waals surface area contributed by atoms with Gasteiger partial charge in [0.15, 0.2) is 0 Å². The van der Waals surface area contributed by atoms with Crippen molar-refractivity contribution in [2.45, 2.75) is 80.3 Å². The van der Waals surface area contributed by atoms with Crippen molar-refractivity contribution in [3.05, 3.63) is 10.1 Å². The van der Waals surface area contributed by atoms with Gasteiger partial charge in [-0.25, -0.2) is 0 Å². The molecule has 0 aliphatic carbocycles. The Labute approximate surface area is 141 Å². The van der Waals surface area contributed by atoms with Crippen molar-refractivity contribution in [3.63, 3.8) is 0 Å². The lowest BCUT2D eigenvalue weighted by Crippen LogP contribution is -2.33. The summed E-state index contributed by atoms with van der Waals surface area (Å²) in [6, 6.07) is 0. The zero-order valence-electron chi connectivity index (χ0n) is 16.0. The second kappa shape index (κ2) is 9.14. The van der Waals surface area contributed by atoms with Crippen LogP contribution < -0.4 is 0 Å². The molecule has 1 atom stereocenters. The Morgan fingerprint density at radius 1 is 0.739 bits per heavy atom. The van der Waals surface area contributed by atoms with E-state index in [4.69, 9.17) is 9.05 Å². The average molecular weight is 351 g/mol. The van der Waals surface area contributed by atoms with Crippen LogP contribution in [-0.2, 0) is 13.6 Å². The third-order valence-corrected chi connectivity index (χ3v) is 6.11. The molecule has 0 saturated carbocycles. The van der Waals surface area contributed by atoms with Crippen LogP contribution in [0.25, 0.3) is 0 Å². The van der Waals surface area contributed by atoms with Crippen LogP contribution in [0, 0.1) is 33.8 Å². The van der Waals surface area contributed by atoms with E-state index in [1.54, 1.807) is 0 Å². The van der Waals surface area contributed by atoms with Crippen LogP contribution in [0.1, 0.15) is 62.3 Å². The smallest absolute Gasteiger partial charge is 0.300 e. The first kappa shape index (κ1) is 22.6. The molecule has 0 aromatic carbocycles. The molecule has 0 amide bonds. The van der Waals surface area contributed by atoms with E-state index >= 15 is 0 Å². The normalized spacial score (nSPS) is 14.7. The van der Waals surface area contributed by atoms with Crippen LogP contribution in [0.4, 0.5) is 0 Å². The van der Waals surface area contributed by atoms with E-state index in [0.717, 1.165) is 0 Å². The van der Waals surface area contributed by atoms with Gasteiger partial charge in [-0.2, -0.15) is 0 Å². The van der Waals surface area contributed by atoms with Crippen molar-refractivity contribution < 1.29 is 18.5 Å². The fraction of sp³-hybridized carbons (Fsp3) is 1.00. The Morgan fingerprint density at radius 2 is 1.00 bits per heavy atom. The van der Waals surface area contributed by atoms with Gasteiger partial charge in [0.2, 0.25) is 0 Å². The van der Waals surface area contributed by atoms with Crippen molar-refractivity contribution in [3.8, 4) is 0 Å². The molecule has 0 aromatic rings. The second-order valence-corrected chi connectivity index (χ2v) is 9.82. The van der Waals surface area contributed by atoms with E-state index in [0.29, 0.717) is 0 Å². The first-order valence-corrected chi connectivity index (χ1v) is 10.0. The minimum Gasteiger partial charge on any atom is -0.300 e. The molecular weight excluding hydrogens is 317 g/mol. The Kier molecular flexibility index (Phi) is 8.96. The first-order chi connectivity index (χ1) is 10.3. The fourth-order valence-electron chi connectivity index (χ4n) is 2.68. The molecule has 0 rings (SSSR count). The molecular formula is C16H34NO5P. The molecule has 0 saturated heterocycles. The SMILES string of the molecule is CC(C)C(OP(=O)(OC(C(C)C)C(C)C)C(C)[N+](=O)[O-])C(C)C. The van der Waals surface area contributed by atoms with Crippen LogP contribution in [-0.4, -0.2) is 22.9 Å². The summed E-state index contributed by atoms with van der Waals surface area (Å²) < 4.78 is 24.9. The summed E-state index contributed by atoms with van der Waals surface area (Å²) >= 11 is 0. The highest BCUT2D eigenvalue weighted by molar-refractivity contribution is 7.54. The van der Waals surface area contributed by atoms with E-state index in [1.165, 1.54) is 6.92 Å². The first-order valence-electron chi connectivity index (χ1n) is 8.43. The lowest BCUT2D eigenvalue weighted by Gasteiger charge is -2.34. The van der Waals surface area contributed by atoms with E-state index in [2.05, 4.69) is 0 Å². The van der Waals surface area contributed by atoms with E-state index in [9.17, 15) is 14.7 Å². The molecule has 0 radical (unpaired) electrons. The topological polar surface area (TPSA) is 78.7 Å². The van der Waals surface area contributed by atoms with Gasteiger partial charge in [0.1, 0.15) is 0 Å². The van der Waals surface area contributed by atoms with Crippen LogP contribution in [0.2, 0.25) is 0 Å². The summed E-state index contributed by atoms with van der Waals surface area (Å²) in [4.78, 5) is 10.7. The van der Waals surface area contributed by atoms with Gasteiger partial charge in [-0.15, -0.1) is 0 Å². The van der Waals surface area contributed by atoms with Gasteiger partial charge >= 0.3 is 13.4 Å². The Morgan fingerprint density at radius 3 is 1.17 bits per heavy atom. The Bertz CT molecular complexity index is 381. The van der Waals surface area contributed by atoms with Crippen molar-refractivity contribution >= 4 is 7.60 Å². The minimum absolute atomic E-state index is 0.0856. The number of rotatable bonds is 10. The molecule has 1 unspecified atom stereocenters. The van der Waals surface area contributed by atoms with Crippen LogP contribution in [0.5, 0.6) is 0 Å². The summed E-state index contributed by atoms with van der Waals surface area (Å²) in [5.74, 6) is -1.04. The third-order valence-electron chi connectivity index (χ3n) is 3.93. The van der Waals surface area contributed by atoms with Gasteiger partial charge in [0.05, 0.1) is 12.2 Å². The summed E-state index contributed by atoms with van der Waals surface area (Å²) in [5.41, 5.74) is 0. The summed E-state index contributed by atoms with van der Waals surface area (Å²) in [6.45, 7) is 16.9. The molecule has 0 aliphatic rings. The number of hydrogen-bond donors (Lipinski definition) is 0. The fourth-order valence-corrected chi connectivity index (χ4v) is 4.97. The lowest BCUT2D eigenvalue weighted by atomic mass is 9.97. The maximum absolute atomic E-state index is 13.3. The largest absolute Gasteiger partial charge is 0.404 e. The molecule has 23 heavy (non-hydrogen) atoms. The van der Waals surface area contributed by atoms with Gasteiger partial charge in [-0.05, 0) is 23.7 Å². The summed E-state index contributed by atoms with van der Waals surface area (Å²) in [7, 11) is -3.89. The maximum atomic E-state index is 13.3. The predicted octanol–water partition coefficient (Wildman–Crippen LogP) is 5.20. The predicted molar refractivity (Wildman–Crippen MR) is 93.2 cm³/mol. The van der Waals surface area contributed by atoms with E-state index in [1.807, 2.05) is 55.4 Å². The van der Waals surface area contributed by atoms with Gasteiger partial charge < -0.3 is 0 Å². The maximum Gasteiger partial charge on any atom is 0.404 e. The second-order valence-electron chi connectivity index (χ2n) is 7.57. The van der Waals surface area contributed by atoms with Crippen LogP contribution in [0.15, 0.2) is 0 Å². The van der Waals surface area contributed by atoms with Crippen molar-refractivity contribution in [1.29, 1.82) is 0 Å². The Hall–Kier alpha value is -0.450. The standard InChI is InChI=1S/C16H34NO5P/c1-10(2)15(11(3)4)21-23(20,14(9)17(18)19)22-16(12(5)6)13(7)8/h10-16H,1-9H3. The summed E-state index contributed by atoms with van der Waals surface area (Å²) in [6.07, 6.45) is -0.716. The van der Waals surface area contributed by atoms with Gasteiger partial charge in [0, 0.05) is 11.8 Å². The zero-order chi connectivity index (χ0) is 18.5. The highest BCUT2D eigenvalue weighted by atomic mass is 31.2. The molecule has 0 aromatic heterocycles. The molecule has 6 nitrogen and oxygen atoms in total. The molecule has 0 N–H and O–H groups in total. The van der Waals surface area contributed by atoms with Gasteiger partial charge in [-0.3, -0.25) is 23.7 Å². The van der Waals surface area contributed by atoms with Crippen molar-refractivity contribution in [2.75, 3.05) is 0 Å². The minimum atomic E-state index is -3.89. The molecule has 0 fully saturated rings. The Balaban J connectivity index is 5.66. The molecule has 138 valence electrons. The molecule has 0 spiro atoms. The monoisotopic (exact) mass is 351 g/mol. The van der Waals surface area contributed by atoms with Crippen molar-refractivity contribution in [2.24, 2.45) is 23.7 Å². The number of hydrogen-bond acceptors (Lipinski definition) is 5. The number of nitro groups is 1.